The van der Waals surface area contributed by atoms with E-state index in [-0.39, 0.29) is 5.54 Å². The Bertz CT molecular complexity index is 313. The molecule has 0 amide bonds. The predicted octanol–water partition coefficient (Wildman–Crippen LogP) is 0.538. The van der Waals surface area contributed by atoms with Crippen LogP contribution in [-0.2, 0) is 12.1 Å². The number of nitrogens with zero attached hydrogens (tertiary/aromatic N) is 4. The van der Waals surface area contributed by atoms with Crippen molar-refractivity contribution in [2.45, 2.75) is 38.8 Å². The monoisotopic (exact) mass is 195 g/mol. The van der Waals surface area contributed by atoms with E-state index >= 15 is 0 Å². The van der Waals surface area contributed by atoms with Gasteiger partial charge in [-0.05, 0) is 50.1 Å². The quantitative estimate of drug-likeness (QED) is 0.761. The fraction of sp³-hybridized carbons (Fsp3) is 0.889. The van der Waals surface area contributed by atoms with E-state index in [2.05, 4.69) is 34.7 Å². The van der Waals surface area contributed by atoms with Crippen LogP contribution in [0, 0.1) is 5.92 Å². The summed E-state index contributed by atoms with van der Waals surface area (Å²) in [6, 6.07) is 0. The van der Waals surface area contributed by atoms with Gasteiger partial charge in [0.15, 0.2) is 5.82 Å². The number of hydrogen-bond acceptors (Lipinski definition) is 4. The fourth-order valence-electron chi connectivity index (χ4n) is 1.88. The van der Waals surface area contributed by atoms with Gasteiger partial charge in [0.1, 0.15) is 0 Å². The smallest absolute Gasteiger partial charge is 0.165 e. The van der Waals surface area contributed by atoms with Gasteiger partial charge in [-0.2, -0.15) is 0 Å². The standard InChI is InChI=1S/C9H17N5/c1-9(2,7-4-5-7)14-8(6-10-3)11-12-13-14/h7,10H,4-6H2,1-3H3. The van der Waals surface area contributed by atoms with E-state index in [0.717, 1.165) is 18.3 Å². The SMILES string of the molecule is CNCc1nnnn1C(C)(C)C1CC1. The highest BCUT2D eigenvalue weighted by Gasteiger charge is 2.41. The van der Waals surface area contributed by atoms with Gasteiger partial charge in [-0.1, -0.05) is 0 Å². The number of rotatable bonds is 4. The third kappa shape index (κ3) is 1.52. The molecule has 0 aliphatic heterocycles. The average Bonchev–Trinajstić information content (AvgIpc) is 2.88. The molecule has 0 unspecified atom stereocenters. The van der Waals surface area contributed by atoms with Crippen molar-refractivity contribution in [3.8, 4) is 0 Å². The van der Waals surface area contributed by atoms with Crippen molar-refractivity contribution < 1.29 is 0 Å². The summed E-state index contributed by atoms with van der Waals surface area (Å²) < 4.78 is 1.96. The summed E-state index contributed by atoms with van der Waals surface area (Å²) in [7, 11) is 1.91. The second-order valence-electron chi connectivity index (χ2n) is 4.47. The van der Waals surface area contributed by atoms with Gasteiger partial charge < -0.3 is 5.32 Å². The second-order valence-corrected chi connectivity index (χ2v) is 4.47. The summed E-state index contributed by atoms with van der Waals surface area (Å²) >= 11 is 0. The molecule has 14 heavy (non-hydrogen) atoms. The van der Waals surface area contributed by atoms with E-state index in [1.165, 1.54) is 12.8 Å². The molecule has 0 spiro atoms. The molecule has 0 radical (unpaired) electrons. The zero-order valence-electron chi connectivity index (χ0n) is 8.99. The summed E-state index contributed by atoms with van der Waals surface area (Å²) in [5.41, 5.74) is 0.0652. The van der Waals surface area contributed by atoms with E-state index in [9.17, 15) is 0 Å². The Labute approximate surface area is 83.9 Å². The minimum Gasteiger partial charge on any atom is -0.313 e. The number of tetrazole rings is 1. The van der Waals surface area contributed by atoms with Crippen LogP contribution >= 0.6 is 0 Å². The normalized spacial score (nSPS) is 17.4. The maximum atomic E-state index is 4.08. The minimum atomic E-state index is 0.0652. The van der Waals surface area contributed by atoms with Gasteiger partial charge in [-0.25, -0.2) is 4.68 Å². The summed E-state index contributed by atoms with van der Waals surface area (Å²) in [4.78, 5) is 0. The van der Waals surface area contributed by atoms with Crippen molar-refractivity contribution in [3.63, 3.8) is 0 Å². The summed E-state index contributed by atoms with van der Waals surface area (Å²) in [5, 5.41) is 14.9. The number of aromatic nitrogens is 4. The molecule has 78 valence electrons. The Morgan fingerprint density at radius 2 is 2.21 bits per heavy atom. The molecule has 0 bridgehead atoms. The van der Waals surface area contributed by atoms with Gasteiger partial charge in [0.05, 0.1) is 12.1 Å². The fourth-order valence-corrected chi connectivity index (χ4v) is 1.88. The van der Waals surface area contributed by atoms with E-state index in [4.69, 9.17) is 0 Å². The first-order chi connectivity index (χ1) is 6.66. The molecule has 0 saturated heterocycles. The molecule has 1 saturated carbocycles. The van der Waals surface area contributed by atoms with Crippen molar-refractivity contribution in [3.05, 3.63) is 5.82 Å². The van der Waals surface area contributed by atoms with Crippen molar-refractivity contribution in [2.24, 2.45) is 5.92 Å². The number of hydrogen-bond donors (Lipinski definition) is 1. The van der Waals surface area contributed by atoms with Crippen molar-refractivity contribution in [1.29, 1.82) is 0 Å². The lowest BCUT2D eigenvalue weighted by Crippen LogP contribution is -2.32. The largest absolute Gasteiger partial charge is 0.313 e. The maximum Gasteiger partial charge on any atom is 0.165 e. The van der Waals surface area contributed by atoms with E-state index in [0.29, 0.717) is 0 Å². The van der Waals surface area contributed by atoms with Crippen LogP contribution < -0.4 is 5.32 Å². The first kappa shape index (κ1) is 9.58. The molecule has 5 nitrogen and oxygen atoms in total. The first-order valence-corrected chi connectivity index (χ1v) is 5.08. The van der Waals surface area contributed by atoms with Gasteiger partial charge in [0, 0.05) is 0 Å². The molecule has 5 heteroatoms. The second kappa shape index (κ2) is 3.31. The molecule has 1 heterocycles. The molecule has 0 aromatic carbocycles. The van der Waals surface area contributed by atoms with Crippen LogP contribution in [0.5, 0.6) is 0 Å². The van der Waals surface area contributed by atoms with Crippen molar-refractivity contribution in [1.82, 2.24) is 25.5 Å². The van der Waals surface area contributed by atoms with Gasteiger partial charge in [-0.3, -0.25) is 0 Å². The maximum absolute atomic E-state index is 4.08. The van der Waals surface area contributed by atoms with Gasteiger partial charge in [0.2, 0.25) is 0 Å². The first-order valence-electron chi connectivity index (χ1n) is 5.08. The van der Waals surface area contributed by atoms with Crippen molar-refractivity contribution in [2.75, 3.05) is 7.05 Å². The van der Waals surface area contributed by atoms with Crippen LogP contribution in [0.25, 0.3) is 0 Å². The molecular weight excluding hydrogens is 178 g/mol. The van der Waals surface area contributed by atoms with Crippen LogP contribution in [0.4, 0.5) is 0 Å². The Balaban J connectivity index is 2.25. The van der Waals surface area contributed by atoms with Gasteiger partial charge in [-0.15, -0.1) is 5.10 Å². The Kier molecular flexibility index (Phi) is 2.26. The lowest BCUT2D eigenvalue weighted by molar-refractivity contribution is 0.258. The van der Waals surface area contributed by atoms with Crippen LogP contribution in [0.2, 0.25) is 0 Å². The molecule has 1 aromatic heterocycles. The lowest BCUT2D eigenvalue weighted by atomic mass is 9.99. The van der Waals surface area contributed by atoms with Gasteiger partial charge >= 0.3 is 0 Å². The molecule has 1 N–H and O–H groups in total. The topological polar surface area (TPSA) is 55.6 Å². The summed E-state index contributed by atoms with van der Waals surface area (Å²) in [5.74, 6) is 1.66. The van der Waals surface area contributed by atoms with Crippen molar-refractivity contribution >= 4 is 0 Å². The zero-order valence-corrected chi connectivity index (χ0v) is 8.99. The van der Waals surface area contributed by atoms with Crippen LogP contribution in [0.15, 0.2) is 0 Å². The molecular formula is C9H17N5. The Morgan fingerprint density at radius 3 is 2.79 bits per heavy atom. The predicted molar refractivity (Wildman–Crippen MR) is 52.6 cm³/mol. The average molecular weight is 195 g/mol. The van der Waals surface area contributed by atoms with E-state index in [1.807, 2.05) is 11.7 Å². The Hall–Kier alpha value is -0.970. The third-order valence-corrected chi connectivity index (χ3v) is 2.99. The van der Waals surface area contributed by atoms with E-state index in [1.54, 1.807) is 0 Å². The van der Waals surface area contributed by atoms with Crippen LogP contribution in [0.3, 0.4) is 0 Å². The molecule has 1 aromatic rings. The Morgan fingerprint density at radius 1 is 1.50 bits per heavy atom. The molecule has 1 fully saturated rings. The summed E-state index contributed by atoms with van der Waals surface area (Å²) in [6.45, 7) is 5.14. The molecule has 1 aliphatic rings. The summed E-state index contributed by atoms with van der Waals surface area (Å²) in [6.07, 6.45) is 2.59. The van der Waals surface area contributed by atoms with E-state index < -0.39 is 0 Å². The molecule has 1 aliphatic carbocycles. The minimum absolute atomic E-state index is 0.0652. The highest BCUT2D eigenvalue weighted by Crippen LogP contribution is 2.43. The highest BCUT2D eigenvalue weighted by atomic mass is 15.6. The van der Waals surface area contributed by atoms with Gasteiger partial charge in [0.25, 0.3) is 0 Å². The molecule has 2 rings (SSSR count). The number of nitrogens with one attached hydrogen (secondary N) is 1. The zero-order chi connectivity index (χ0) is 10.2. The molecule has 0 atom stereocenters. The van der Waals surface area contributed by atoms with Crippen LogP contribution in [-0.4, -0.2) is 27.3 Å². The third-order valence-electron chi connectivity index (χ3n) is 2.99. The lowest BCUT2D eigenvalue weighted by Gasteiger charge is -2.25. The highest BCUT2D eigenvalue weighted by molar-refractivity contribution is 4.96. The van der Waals surface area contributed by atoms with Crippen LogP contribution in [0.1, 0.15) is 32.5 Å².